The fraction of sp³-hybridized carbons (Fsp3) is 0.800. The van der Waals surface area contributed by atoms with Crippen LogP contribution >= 0.6 is 0 Å². The van der Waals surface area contributed by atoms with Crippen molar-refractivity contribution >= 4 is 11.9 Å². The molecule has 0 radical (unpaired) electrons. The molecule has 0 aromatic rings. The van der Waals surface area contributed by atoms with Gasteiger partial charge >= 0.3 is 6.03 Å². The van der Waals surface area contributed by atoms with Crippen LogP contribution in [0.4, 0.5) is 4.79 Å². The molecule has 1 unspecified atom stereocenters. The number of urea groups is 1. The topological polar surface area (TPSA) is 84.7 Å². The van der Waals surface area contributed by atoms with E-state index in [-0.39, 0.29) is 12.6 Å². The van der Waals surface area contributed by atoms with Crippen molar-refractivity contribution in [3.8, 4) is 0 Å². The van der Waals surface area contributed by atoms with E-state index < -0.39 is 5.91 Å². The van der Waals surface area contributed by atoms with Crippen molar-refractivity contribution in [2.24, 2.45) is 11.7 Å². The highest BCUT2D eigenvalue weighted by atomic mass is 16.5. The first-order chi connectivity index (χ1) is 7.63. The largest absolute Gasteiger partial charge is 0.371 e. The maximum atomic E-state index is 11.5. The summed E-state index contributed by atoms with van der Waals surface area (Å²) in [5, 5.41) is 2.75. The number of hydrogen-bond acceptors (Lipinski definition) is 3. The highest BCUT2D eigenvalue weighted by molar-refractivity contribution is 5.75. The van der Waals surface area contributed by atoms with E-state index in [1.54, 1.807) is 4.90 Å². The zero-order valence-corrected chi connectivity index (χ0v) is 9.57. The van der Waals surface area contributed by atoms with Crippen LogP contribution in [0.3, 0.4) is 0 Å². The molecule has 0 aromatic carbocycles. The van der Waals surface area contributed by atoms with Gasteiger partial charge in [-0.15, -0.1) is 0 Å². The molecular formula is C10H19N3O3. The average Bonchev–Trinajstić information content (AvgIpc) is 2.66. The van der Waals surface area contributed by atoms with Crippen molar-refractivity contribution in [2.45, 2.75) is 13.3 Å². The van der Waals surface area contributed by atoms with Crippen LogP contribution in [0.1, 0.15) is 13.3 Å². The maximum absolute atomic E-state index is 11.5. The zero-order chi connectivity index (χ0) is 12.0. The summed E-state index contributed by atoms with van der Waals surface area (Å²) in [6.45, 7) is 4.40. The number of nitrogens with zero attached hydrogens (tertiary/aromatic N) is 1. The van der Waals surface area contributed by atoms with Crippen LogP contribution in [0, 0.1) is 5.92 Å². The lowest BCUT2D eigenvalue weighted by atomic mass is 10.1. The summed E-state index contributed by atoms with van der Waals surface area (Å²) in [6.07, 6.45) is 0.913. The van der Waals surface area contributed by atoms with E-state index in [4.69, 9.17) is 10.5 Å². The predicted molar refractivity (Wildman–Crippen MR) is 58.8 cm³/mol. The molecule has 92 valence electrons. The van der Waals surface area contributed by atoms with E-state index in [1.165, 1.54) is 0 Å². The Labute approximate surface area is 95.1 Å². The van der Waals surface area contributed by atoms with Crippen molar-refractivity contribution in [3.05, 3.63) is 0 Å². The molecule has 3 N–H and O–H groups in total. The van der Waals surface area contributed by atoms with Gasteiger partial charge < -0.3 is 20.7 Å². The summed E-state index contributed by atoms with van der Waals surface area (Å²) in [7, 11) is 0. The molecule has 1 rings (SSSR count). The molecule has 1 aliphatic rings. The highest BCUT2D eigenvalue weighted by Gasteiger charge is 2.25. The first-order valence-corrected chi connectivity index (χ1v) is 5.52. The van der Waals surface area contributed by atoms with Gasteiger partial charge in [-0.2, -0.15) is 0 Å². The third-order valence-corrected chi connectivity index (χ3v) is 2.50. The summed E-state index contributed by atoms with van der Waals surface area (Å²) in [5.41, 5.74) is 4.95. The molecule has 0 spiro atoms. The minimum atomic E-state index is -0.460. The normalized spacial score (nSPS) is 19.8. The van der Waals surface area contributed by atoms with Gasteiger partial charge in [0.1, 0.15) is 6.61 Å². The van der Waals surface area contributed by atoms with Gasteiger partial charge in [0.25, 0.3) is 0 Å². The van der Waals surface area contributed by atoms with Crippen LogP contribution in [0.25, 0.3) is 0 Å². The van der Waals surface area contributed by atoms with Crippen molar-refractivity contribution in [2.75, 3.05) is 32.8 Å². The smallest absolute Gasteiger partial charge is 0.317 e. The fourth-order valence-electron chi connectivity index (χ4n) is 1.74. The molecule has 1 fully saturated rings. The third kappa shape index (κ3) is 4.06. The number of carbonyl (C=O) groups excluding carboxylic acids is 2. The van der Waals surface area contributed by atoms with Crippen LogP contribution in [-0.2, 0) is 9.53 Å². The number of nitrogens with two attached hydrogens (primary N) is 1. The number of hydrogen-bond donors (Lipinski definition) is 2. The Morgan fingerprint density at radius 1 is 1.56 bits per heavy atom. The number of likely N-dealkylation sites (tertiary alicyclic amines) is 1. The first-order valence-electron chi connectivity index (χ1n) is 5.52. The van der Waals surface area contributed by atoms with Crippen molar-refractivity contribution in [1.29, 1.82) is 0 Å². The second kappa shape index (κ2) is 6.32. The lowest BCUT2D eigenvalue weighted by Gasteiger charge is -2.16. The van der Waals surface area contributed by atoms with E-state index in [0.29, 0.717) is 25.6 Å². The van der Waals surface area contributed by atoms with E-state index in [0.717, 1.165) is 13.0 Å². The number of primary amides is 1. The van der Waals surface area contributed by atoms with Gasteiger partial charge in [0.15, 0.2) is 0 Å². The molecule has 1 saturated heterocycles. The van der Waals surface area contributed by atoms with Gasteiger partial charge in [-0.3, -0.25) is 4.79 Å². The average molecular weight is 229 g/mol. The van der Waals surface area contributed by atoms with Crippen LogP contribution in [0.2, 0.25) is 0 Å². The molecule has 3 amide bonds. The Morgan fingerprint density at radius 3 is 2.94 bits per heavy atom. The van der Waals surface area contributed by atoms with Gasteiger partial charge in [0.05, 0.1) is 6.61 Å². The number of rotatable bonds is 5. The Kier molecular flexibility index (Phi) is 5.04. The molecule has 0 aliphatic carbocycles. The summed E-state index contributed by atoms with van der Waals surface area (Å²) in [6, 6.07) is -0.0279. The summed E-state index contributed by atoms with van der Waals surface area (Å²) >= 11 is 0. The first kappa shape index (κ1) is 12.8. The predicted octanol–water partition coefficient (Wildman–Crippen LogP) is -0.460. The lowest BCUT2D eigenvalue weighted by molar-refractivity contribution is -0.122. The zero-order valence-electron chi connectivity index (χ0n) is 9.57. The van der Waals surface area contributed by atoms with E-state index in [2.05, 4.69) is 5.32 Å². The Hall–Kier alpha value is -1.30. The van der Waals surface area contributed by atoms with Crippen LogP contribution < -0.4 is 11.1 Å². The molecule has 0 bridgehead atoms. The Morgan fingerprint density at radius 2 is 2.31 bits per heavy atom. The number of amides is 3. The summed E-state index contributed by atoms with van der Waals surface area (Å²) in [4.78, 5) is 23.7. The number of ether oxygens (including phenoxy) is 1. The van der Waals surface area contributed by atoms with Gasteiger partial charge in [0.2, 0.25) is 5.91 Å². The van der Waals surface area contributed by atoms with Crippen molar-refractivity contribution < 1.29 is 14.3 Å². The molecular weight excluding hydrogens is 210 g/mol. The SMILES string of the molecule is CCNC(=O)N1CCC(COCC(N)=O)C1. The molecule has 16 heavy (non-hydrogen) atoms. The molecule has 0 saturated carbocycles. The Bertz CT molecular complexity index is 258. The molecule has 6 heteroatoms. The lowest BCUT2D eigenvalue weighted by Crippen LogP contribution is -2.38. The Balaban J connectivity index is 2.19. The van der Waals surface area contributed by atoms with Crippen molar-refractivity contribution in [3.63, 3.8) is 0 Å². The molecule has 1 heterocycles. The third-order valence-electron chi connectivity index (χ3n) is 2.50. The van der Waals surface area contributed by atoms with Crippen LogP contribution in [0.15, 0.2) is 0 Å². The van der Waals surface area contributed by atoms with E-state index in [1.807, 2.05) is 6.92 Å². The highest BCUT2D eigenvalue weighted by Crippen LogP contribution is 2.16. The van der Waals surface area contributed by atoms with E-state index >= 15 is 0 Å². The molecule has 1 aliphatic heterocycles. The second-order valence-corrected chi connectivity index (χ2v) is 3.92. The van der Waals surface area contributed by atoms with Gasteiger partial charge in [0, 0.05) is 25.6 Å². The maximum Gasteiger partial charge on any atom is 0.317 e. The number of nitrogens with one attached hydrogen (secondary N) is 1. The van der Waals surface area contributed by atoms with Gasteiger partial charge in [-0.25, -0.2) is 4.79 Å². The molecule has 6 nitrogen and oxygen atoms in total. The summed E-state index contributed by atoms with van der Waals surface area (Å²) < 4.78 is 5.13. The molecule has 1 atom stereocenters. The summed E-state index contributed by atoms with van der Waals surface area (Å²) in [5.74, 6) is -0.152. The van der Waals surface area contributed by atoms with E-state index in [9.17, 15) is 9.59 Å². The minimum absolute atomic E-state index is 0.0279. The minimum Gasteiger partial charge on any atom is -0.371 e. The second-order valence-electron chi connectivity index (χ2n) is 3.92. The monoisotopic (exact) mass is 229 g/mol. The van der Waals surface area contributed by atoms with Gasteiger partial charge in [-0.1, -0.05) is 0 Å². The number of carbonyl (C=O) groups is 2. The van der Waals surface area contributed by atoms with Gasteiger partial charge in [-0.05, 0) is 13.3 Å². The quantitative estimate of drug-likeness (QED) is 0.669. The fourth-order valence-corrected chi connectivity index (χ4v) is 1.74. The van der Waals surface area contributed by atoms with Crippen LogP contribution in [0.5, 0.6) is 0 Å². The standard InChI is InChI=1S/C10H19N3O3/c1-2-12-10(15)13-4-3-8(5-13)6-16-7-9(11)14/h8H,2-7H2,1H3,(H2,11,14)(H,12,15). The van der Waals surface area contributed by atoms with Crippen LogP contribution in [-0.4, -0.2) is 49.7 Å². The molecule has 0 aromatic heterocycles. The van der Waals surface area contributed by atoms with Crippen molar-refractivity contribution in [1.82, 2.24) is 10.2 Å².